The van der Waals surface area contributed by atoms with E-state index in [4.69, 9.17) is 0 Å². The lowest BCUT2D eigenvalue weighted by molar-refractivity contribution is -0.121. The van der Waals surface area contributed by atoms with Gasteiger partial charge < -0.3 is 10.6 Å². The van der Waals surface area contributed by atoms with Crippen LogP contribution in [0.1, 0.15) is 54.1 Å². The average molecular weight is 408 g/mol. The van der Waals surface area contributed by atoms with Crippen LogP contribution >= 0.6 is 0 Å². The van der Waals surface area contributed by atoms with Gasteiger partial charge in [-0.1, -0.05) is 55.3 Å². The van der Waals surface area contributed by atoms with E-state index in [1.165, 1.54) is 11.1 Å². The lowest BCUT2D eigenvalue weighted by Crippen LogP contribution is -2.40. The molecule has 2 aromatic rings. The highest BCUT2D eigenvalue weighted by Gasteiger charge is 2.26. The van der Waals surface area contributed by atoms with Crippen LogP contribution in [0, 0.1) is 12.8 Å². The maximum absolute atomic E-state index is 13.0. The van der Waals surface area contributed by atoms with Gasteiger partial charge in [-0.25, -0.2) is 0 Å². The minimum Gasteiger partial charge on any atom is -0.352 e. The molecule has 2 amide bonds. The van der Waals surface area contributed by atoms with Crippen LogP contribution in [0.15, 0.2) is 48.5 Å². The third-order valence-corrected chi connectivity index (χ3v) is 5.65. The van der Waals surface area contributed by atoms with Gasteiger partial charge in [0.25, 0.3) is 5.91 Å². The Bertz CT molecular complexity index is 848. The number of amides is 2. The third kappa shape index (κ3) is 6.17. The van der Waals surface area contributed by atoms with E-state index in [-0.39, 0.29) is 17.7 Å². The van der Waals surface area contributed by atoms with E-state index in [2.05, 4.69) is 53.6 Å². The highest BCUT2D eigenvalue weighted by atomic mass is 16.2. The SMILES string of the molecule is CCCCNC(=O)c1ccccc1NC(=O)C1CCCN(Cc2ccc(C)cc2)C1. The summed E-state index contributed by atoms with van der Waals surface area (Å²) in [5.41, 5.74) is 3.64. The van der Waals surface area contributed by atoms with Crippen molar-refractivity contribution in [1.29, 1.82) is 0 Å². The number of rotatable bonds is 8. The molecule has 30 heavy (non-hydrogen) atoms. The number of unbranched alkanes of at least 4 members (excludes halogenated alkanes) is 1. The average Bonchev–Trinajstić information content (AvgIpc) is 2.76. The van der Waals surface area contributed by atoms with Crippen LogP contribution in [-0.4, -0.2) is 36.3 Å². The lowest BCUT2D eigenvalue weighted by atomic mass is 9.96. The zero-order valence-electron chi connectivity index (χ0n) is 18.1. The van der Waals surface area contributed by atoms with Crippen molar-refractivity contribution in [1.82, 2.24) is 10.2 Å². The Hall–Kier alpha value is -2.66. The molecule has 2 aromatic carbocycles. The van der Waals surface area contributed by atoms with E-state index in [0.717, 1.165) is 45.3 Å². The Kier molecular flexibility index (Phi) is 8.03. The number of para-hydroxylation sites is 1. The summed E-state index contributed by atoms with van der Waals surface area (Å²) in [4.78, 5) is 27.8. The summed E-state index contributed by atoms with van der Waals surface area (Å²) in [6, 6.07) is 15.8. The zero-order chi connectivity index (χ0) is 21.3. The van der Waals surface area contributed by atoms with Gasteiger partial charge in [0.05, 0.1) is 17.2 Å². The molecule has 160 valence electrons. The molecule has 1 saturated heterocycles. The summed E-state index contributed by atoms with van der Waals surface area (Å²) in [5, 5.41) is 5.95. The van der Waals surface area contributed by atoms with Crippen molar-refractivity contribution in [2.45, 2.75) is 46.1 Å². The normalized spacial score (nSPS) is 16.8. The van der Waals surface area contributed by atoms with E-state index in [9.17, 15) is 9.59 Å². The molecule has 0 spiro atoms. The maximum Gasteiger partial charge on any atom is 0.253 e. The van der Waals surface area contributed by atoms with Gasteiger partial charge in [-0.15, -0.1) is 0 Å². The van der Waals surface area contributed by atoms with Crippen molar-refractivity contribution in [3.05, 3.63) is 65.2 Å². The Balaban J connectivity index is 1.60. The number of anilines is 1. The van der Waals surface area contributed by atoms with E-state index >= 15 is 0 Å². The Labute approximate surface area is 179 Å². The number of likely N-dealkylation sites (tertiary alicyclic amines) is 1. The molecule has 1 atom stereocenters. The molecule has 3 rings (SSSR count). The maximum atomic E-state index is 13.0. The monoisotopic (exact) mass is 407 g/mol. The Morgan fingerprint density at radius 3 is 2.63 bits per heavy atom. The largest absolute Gasteiger partial charge is 0.352 e. The van der Waals surface area contributed by atoms with Crippen LogP contribution < -0.4 is 10.6 Å². The molecule has 1 heterocycles. The predicted molar refractivity (Wildman–Crippen MR) is 121 cm³/mol. The van der Waals surface area contributed by atoms with Crippen molar-refractivity contribution >= 4 is 17.5 Å². The van der Waals surface area contributed by atoms with Crippen molar-refractivity contribution in [2.75, 3.05) is 25.0 Å². The molecule has 1 aliphatic heterocycles. The third-order valence-electron chi connectivity index (χ3n) is 5.65. The van der Waals surface area contributed by atoms with Crippen molar-refractivity contribution in [3.8, 4) is 0 Å². The van der Waals surface area contributed by atoms with Gasteiger partial charge in [-0.3, -0.25) is 14.5 Å². The van der Waals surface area contributed by atoms with E-state index < -0.39 is 0 Å². The molecule has 0 aliphatic carbocycles. The molecular weight excluding hydrogens is 374 g/mol. The molecule has 1 unspecified atom stereocenters. The van der Waals surface area contributed by atoms with Crippen molar-refractivity contribution in [2.24, 2.45) is 5.92 Å². The summed E-state index contributed by atoms with van der Waals surface area (Å²) in [6.07, 6.45) is 3.85. The standard InChI is InChI=1S/C25H33N3O2/c1-3-4-15-26-25(30)22-9-5-6-10-23(22)27-24(29)21-8-7-16-28(18-21)17-20-13-11-19(2)12-14-20/h5-6,9-14,21H,3-4,7-8,15-18H2,1-2H3,(H,26,30)(H,27,29). The van der Waals surface area contributed by atoms with Gasteiger partial charge >= 0.3 is 0 Å². The number of benzene rings is 2. The lowest BCUT2D eigenvalue weighted by Gasteiger charge is -2.32. The number of carbonyl (C=O) groups excluding carboxylic acids is 2. The second kappa shape index (κ2) is 10.9. The Morgan fingerprint density at radius 2 is 1.87 bits per heavy atom. The van der Waals surface area contributed by atoms with Gasteiger partial charge in [-0.05, 0) is 50.4 Å². The minimum atomic E-state index is -0.135. The van der Waals surface area contributed by atoms with Crippen LogP contribution in [0.5, 0.6) is 0 Å². The van der Waals surface area contributed by atoms with Crippen LogP contribution in [0.3, 0.4) is 0 Å². The molecule has 5 heteroatoms. The van der Waals surface area contributed by atoms with Crippen LogP contribution in [0.2, 0.25) is 0 Å². The summed E-state index contributed by atoms with van der Waals surface area (Å²) in [5.74, 6) is -0.207. The number of hydrogen-bond donors (Lipinski definition) is 2. The van der Waals surface area contributed by atoms with E-state index in [1.54, 1.807) is 12.1 Å². The van der Waals surface area contributed by atoms with Crippen molar-refractivity contribution in [3.63, 3.8) is 0 Å². The fraction of sp³-hybridized carbons (Fsp3) is 0.440. The van der Waals surface area contributed by atoms with Gasteiger partial charge in [-0.2, -0.15) is 0 Å². The predicted octanol–water partition coefficient (Wildman–Crippen LogP) is 4.38. The fourth-order valence-corrected chi connectivity index (χ4v) is 3.86. The number of piperidine rings is 1. The number of hydrogen-bond acceptors (Lipinski definition) is 3. The van der Waals surface area contributed by atoms with Gasteiger partial charge in [0.2, 0.25) is 5.91 Å². The molecule has 0 bridgehead atoms. The topological polar surface area (TPSA) is 61.4 Å². The summed E-state index contributed by atoms with van der Waals surface area (Å²) in [6.45, 7) is 7.44. The smallest absolute Gasteiger partial charge is 0.253 e. The molecule has 1 aliphatic rings. The highest BCUT2D eigenvalue weighted by molar-refractivity contribution is 6.04. The van der Waals surface area contributed by atoms with Gasteiger partial charge in [0.15, 0.2) is 0 Å². The summed E-state index contributed by atoms with van der Waals surface area (Å²) in [7, 11) is 0. The quantitative estimate of drug-likeness (QED) is 0.639. The van der Waals surface area contributed by atoms with Crippen LogP contribution in [-0.2, 0) is 11.3 Å². The second-order valence-corrected chi connectivity index (χ2v) is 8.20. The van der Waals surface area contributed by atoms with Crippen molar-refractivity contribution < 1.29 is 9.59 Å². The first-order valence-corrected chi connectivity index (χ1v) is 11.0. The fourth-order valence-electron chi connectivity index (χ4n) is 3.86. The van der Waals surface area contributed by atoms with Crippen LogP contribution in [0.25, 0.3) is 0 Å². The molecule has 5 nitrogen and oxygen atoms in total. The molecule has 0 radical (unpaired) electrons. The molecule has 0 aromatic heterocycles. The first-order chi connectivity index (χ1) is 14.6. The first-order valence-electron chi connectivity index (χ1n) is 11.0. The number of nitrogens with zero attached hydrogens (tertiary/aromatic N) is 1. The Morgan fingerprint density at radius 1 is 1.10 bits per heavy atom. The van der Waals surface area contributed by atoms with Crippen LogP contribution in [0.4, 0.5) is 5.69 Å². The van der Waals surface area contributed by atoms with E-state index in [0.29, 0.717) is 17.8 Å². The molecule has 2 N–H and O–H groups in total. The van der Waals surface area contributed by atoms with Gasteiger partial charge in [0.1, 0.15) is 0 Å². The molecular formula is C25H33N3O2. The van der Waals surface area contributed by atoms with E-state index in [1.807, 2.05) is 12.1 Å². The zero-order valence-corrected chi connectivity index (χ0v) is 18.1. The highest BCUT2D eigenvalue weighted by Crippen LogP contribution is 2.22. The number of nitrogens with one attached hydrogen (secondary N) is 2. The summed E-state index contributed by atoms with van der Waals surface area (Å²) < 4.78 is 0. The molecule has 0 saturated carbocycles. The summed E-state index contributed by atoms with van der Waals surface area (Å²) >= 11 is 0. The van der Waals surface area contributed by atoms with Gasteiger partial charge in [0, 0.05) is 19.6 Å². The number of aryl methyl sites for hydroxylation is 1. The second-order valence-electron chi connectivity index (χ2n) is 8.20. The molecule has 1 fully saturated rings. The minimum absolute atomic E-state index is 0.00239. The number of carbonyl (C=O) groups is 2. The first kappa shape index (κ1) is 22.0.